The number of carbonyl (C=O) groups is 2. The third-order valence-corrected chi connectivity index (χ3v) is 7.49. The van der Waals surface area contributed by atoms with Crippen LogP contribution < -0.4 is 9.76 Å². The Morgan fingerprint density at radius 2 is 1.94 bits per heavy atom. The highest BCUT2D eigenvalue weighted by Gasteiger charge is 2.45. The Morgan fingerprint density at radius 1 is 1.25 bits per heavy atom. The van der Waals surface area contributed by atoms with Gasteiger partial charge in [0.15, 0.2) is 0 Å². The number of amides is 1. The molecule has 1 aromatic heterocycles. The molecule has 0 aliphatic carbocycles. The number of H-pyrrole nitrogens is 1. The lowest BCUT2D eigenvalue weighted by molar-refractivity contribution is -0.149. The molecule has 0 radical (unpaired) electrons. The fourth-order valence-corrected chi connectivity index (χ4v) is 6.04. The first-order valence-corrected chi connectivity index (χ1v) is 12.3. The summed E-state index contributed by atoms with van der Waals surface area (Å²) in [6.45, 7) is 8.93. The summed E-state index contributed by atoms with van der Waals surface area (Å²) in [5.74, 6) is -0.973. The Hall–Kier alpha value is -2.67. The van der Waals surface area contributed by atoms with E-state index in [-0.39, 0.29) is 12.5 Å². The number of rotatable bonds is 8. The molecule has 0 fully saturated rings. The summed E-state index contributed by atoms with van der Waals surface area (Å²) in [5.41, 5.74) is 4.38. The van der Waals surface area contributed by atoms with Crippen molar-refractivity contribution in [3.8, 4) is 0 Å². The molecule has 2 atom stereocenters. The lowest BCUT2D eigenvalue weighted by Gasteiger charge is -2.30. The molecule has 2 unspecified atom stereocenters. The van der Waals surface area contributed by atoms with Crippen LogP contribution in [-0.4, -0.2) is 42.5 Å². The van der Waals surface area contributed by atoms with Gasteiger partial charge in [-0.2, -0.15) is 0 Å². The summed E-state index contributed by atoms with van der Waals surface area (Å²) in [6.07, 6.45) is 1.20. The van der Waals surface area contributed by atoms with Gasteiger partial charge in [-0.3, -0.25) is 14.2 Å². The number of aryl methyl sites for hydroxylation is 2. The van der Waals surface area contributed by atoms with Crippen LogP contribution in [0.25, 0.3) is 11.6 Å². The topological polar surface area (TPSA) is 101 Å². The van der Waals surface area contributed by atoms with E-state index in [1.807, 2.05) is 32.0 Å². The summed E-state index contributed by atoms with van der Waals surface area (Å²) < 4.78 is 25.8. The third-order valence-electron chi connectivity index (χ3n) is 5.05. The van der Waals surface area contributed by atoms with Crippen LogP contribution in [0.1, 0.15) is 43.3 Å². The maximum absolute atomic E-state index is 14.1. The molecule has 1 aromatic carbocycles. The molecule has 2 N–H and O–H groups in total. The van der Waals surface area contributed by atoms with Gasteiger partial charge in [0.1, 0.15) is 12.4 Å². The first kappa shape index (κ1) is 24.0. The maximum Gasteiger partial charge on any atom is 0.323 e. The number of anilines is 1. The van der Waals surface area contributed by atoms with Gasteiger partial charge in [-0.1, -0.05) is 18.2 Å². The van der Waals surface area contributed by atoms with E-state index in [1.54, 1.807) is 39.0 Å². The van der Waals surface area contributed by atoms with E-state index in [0.717, 1.165) is 17.0 Å². The SMILES string of the molecule is COCP(=O)(NC(C)C(=O)OC(C)C)N1C(=O)/C(=C\c2[nH]c(C)cc2C)c2ccccc21. The summed E-state index contributed by atoms with van der Waals surface area (Å²) in [4.78, 5) is 29.2. The Kier molecular flexibility index (Phi) is 7.08. The molecule has 0 saturated heterocycles. The Bertz CT molecular complexity index is 1100. The number of esters is 1. The fourth-order valence-electron chi connectivity index (χ4n) is 3.75. The number of benzene rings is 1. The molecule has 0 saturated carbocycles. The molecule has 9 heteroatoms. The summed E-state index contributed by atoms with van der Waals surface area (Å²) in [5, 5.41) is 2.84. The zero-order valence-electron chi connectivity index (χ0n) is 19.3. The highest BCUT2D eigenvalue weighted by atomic mass is 31.2. The average molecular weight is 459 g/mol. The number of para-hydroxylation sites is 1. The number of fused-ring (bicyclic) bond motifs is 1. The van der Waals surface area contributed by atoms with Crippen LogP contribution in [0.4, 0.5) is 5.69 Å². The molecule has 3 rings (SSSR count). The normalized spacial score (nSPS) is 17.5. The van der Waals surface area contributed by atoms with Gasteiger partial charge in [0.05, 0.1) is 17.4 Å². The smallest absolute Gasteiger partial charge is 0.323 e. The van der Waals surface area contributed by atoms with Crippen molar-refractivity contribution in [2.75, 3.05) is 18.1 Å². The number of carbonyl (C=O) groups excluding carboxylic acids is 2. The number of hydrogen-bond donors (Lipinski definition) is 2. The van der Waals surface area contributed by atoms with Gasteiger partial charge in [0.25, 0.3) is 13.4 Å². The van der Waals surface area contributed by atoms with Crippen LogP contribution in [0.5, 0.6) is 0 Å². The van der Waals surface area contributed by atoms with E-state index in [0.29, 0.717) is 16.8 Å². The highest BCUT2D eigenvalue weighted by Crippen LogP contribution is 2.55. The van der Waals surface area contributed by atoms with Crippen LogP contribution in [0, 0.1) is 13.8 Å². The Labute approximate surface area is 188 Å². The lowest BCUT2D eigenvalue weighted by Crippen LogP contribution is -2.41. The molecule has 172 valence electrons. The predicted molar refractivity (Wildman–Crippen MR) is 125 cm³/mol. The predicted octanol–water partition coefficient (Wildman–Crippen LogP) is 4.25. The zero-order valence-corrected chi connectivity index (χ0v) is 20.2. The summed E-state index contributed by atoms with van der Waals surface area (Å²) in [6, 6.07) is 8.25. The molecule has 32 heavy (non-hydrogen) atoms. The monoisotopic (exact) mass is 459 g/mol. The first-order valence-electron chi connectivity index (χ1n) is 10.5. The van der Waals surface area contributed by atoms with Crippen molar-refractivity contribution in [1.29, 1.82) is 0 Å². The number of hydrogen-bond acceptors (Lipinski definition) is 5. The molecule has 2 heterocycles. The van der Waals surface area contributed by atoms with E-state index in [2.05, 4.69) is 10.1 Å². The Balaban J connectivity index is 2.04. The van der Waals surface area contributed by atoms with Crippen LogP contribution >= 0.6 is 7.44 Å². The molecular weight excluding hydrogens is 429 g/mol. The molecule has 1 amide bonds. The molecule has 1 aliphatic rings. The fraction of sp³-hybridized carbons (Fsp3) is 0.391. The number of ether oxygens (including phenoxy) is 2. The van der Waals surface area contributed by atoms with Crippen molar-refractivity contribution < 1.29 is 23.6 Å². The van der Waals surface area contributed by atoms with E-state index in [4.69, 9.17) is 9.47 Å². The molecule has 8 nitrogen and oxygen atoms in total. The molecule has 0 spiro atoms. The lowest BCUT2D eigenvalue weighted by atomic mass is 10.1. The van der Waals surface area contributed by atoms with Crippen LogP contribution in [0.3, 0.4) is 0 Å². The summed E-state index contributed by atoms with van der Waals surface area (Å²) in [7, 11) is -2.30. The molecule has 0 bridgehead atoms. The Morgan fingerprint density at radius 3 is 2.53 bits per heavy atom. The minimum atomic E-state index is -3.70. The van der Waals surface area contributed by atoms with Gasteiger partial charge in [0.2, 0.25) is 0 Å². The average Bonchev–Trinajstić information content (AvgIpc) is 3.17. The van der Waals surface area contributed by atoms with Crippen molar-refractivity contribution in [3.63, 3.8) is 0 Å². The van der Waals surface area contributed by atoms with Gasteiger partial charge >= 0.3 is 5.97 Å². The first-order chi connectivity index (χ1) is 15.1. The minimum absolute atomic E-state index is 0.264. The number of nitrogens with zero attached hydrogens (tertiary/aromatic N) is 1. The second-order valence-corrected chi connectivity index (χ2v) is 10.5. The van der Waals surface area contributed by atoms with Crippen LogP contribution in [0.15, 0.2) is 30.3 Å². The van der Waals surface area contributed by atoms with E-state index in [1.165, 1.54) is 11.8 Å². The molecular formula is C23H30N3O5P. The van der Waals surface area contributed by atoms with Crippen molar-refractivity contribution in [3.05, 3.63) is 52.8 Å². The number of aromatic amines is 1. The van der Waals surface area contributed by atoms with Crippen LogP contribution in [-0.2, 0) is 23.6 Å². The molecule has 1 aliphatic heterocycles. The van der Waals surface area contributed by atoms with Gasteiger partial charge in [-0.15, -0.1) is 0 Å². The molecule has 2 aromatic rings. The number of methoxy groups -OCH3 is 1. The zero-order chi connectivity index (χ0) is 23.6. The summed E-state index contributed by atoms with van der Waals surface area (Å²) >= 11 is 0. The largest absolute Gasteiger partial charge is 0.462 e. The minimum Gasteiger partial charge on any atom is -0.462 e. The maximum atomic E-state index is 14.1. The second-order valence-electron chi connectivity index (χ2n) is 8.20. The van der Waals surface area contributed by atoms with E-state index in [9.17, 15) is 14.2 Å². The van der Waals surface area contributed by atoms with Crippen molar-refractivity contribution in [2.24, 2.45) is 0 Å². The number of aromatic nitrogens is 1. The number of nitrogens with one attached hydrogen (secondary N) is 2. The van der Waals surface area contributed by atoms with Gasteiger partial charge < -0.3 is 14.5 Å². The second kappa shape index (κ2) is 9.45. The standard InChI is InChI=1S/C23H30N3O5P/c1-14(2)31-23(28)17(5)25-32(29,13-30-6)26-21-10-8-7-9-18(21)19(22(26)27)12-20-15(3)11-16(4)24-20/h7-12,14,17,24H,13H2,1-6H3,(H,25,29)/b19-12-. The highest BCUT2D eigenvalue weighted by molar-refractivity contribution is 7.64. The van der Waals surface area contributed by atoms with E-state index >= 15 is 0 Å². The van der Waals surface area contributed by atoms with Crippen molar-refractivity contribution >= 4 is 36.7 Å². The van der Waals surface area contributed by atoms with Gasteiger partial charge in [-0.25, -0.2) is 9.76 Å². The van der Waals surface area contributed by atoms with Crippen molar-refractivity contribution in [1.82, 2.24) is 10.1 Å². The third kappa shape index (κ3) is 4.72. The van der Waals surface area contributed by atoms with Crippen LogP contribution in [0.2, 0.25) is 0 Å². The van der Waals surface area contributed by atoms with Gasteiger partial charge in [0, 0.05) is 24.1 Å². The quantitative estimate of drug-likeness (QED) is 0.348. The van der Waals surface area contributed by atoms with Crippen molar-refractivity contribution in [2.45, 2.75) is 46.8 Å². The van der Waals surface area contributed by atoms with E-state index < -0.39 is 25.4 Å². The van der Waals surface area contributed by atoms with Gasteiger partial charge in [-0.05, 0) is 58.4 Å².